The fourth-order valence-electron chi connectivity index (χ4n) is 4.90. The van der Waals surface area contributed by atoms with Crippen LogP contribution in [0.2, 0.25) is 0 Å². The Kier molecular flexibility index (Phi) is 5.37. The van der Waals surface area contributed by atoms with Gasteiger partial charge >= 0.3 is 0 Å². The summed E-state index contributed by atoms with van der Waals surface area (Å²) in [6.45, 7) is 1.66. The normalized spacial score (nSPS) is 20.7. The maximum atomic E-state index is 13.1. The number of benzene rings is 1. The summed E-state index contributed by atoms with van der Waals surface area (Å²) in [6, 6.07) is 4.97. The molecule has 9 heteroatoms. The largest absolute Gasteiger partial charge is 0.332 e. The SMILES string of the molecule is O=C1c2ccc(Br)cc2C(=O)N1CCC(=O)N1CCCC1c1nnc2n1CCCCC2. The second kappa shape index (κ2) is 8.18. The van der Waals surface area contributed by atoms with Crippen LogP contribution in [0.4, 0.5) is 0 Å². The van der Waals surface area contributed by atoms with E-state index in [1.807, 2.05) is 4.90 Å². The van der Waals surface area contributed by atoms with E-state index in [2.05, 4.69) is 30.7 Å². The molecule has 3 amide bonds. The number of hydrogen-bond acceptors (Lipinski definition) is 5. The molecule has 1 aromatic heterocycles. The van der Waals surface area contributed by atoms with Gasteiger partial charge in [0, 0.05) is 36.9 Å². The molecule has 4 heterocycles. The molecule has 162 valence electrons. The van der Waals surface area contributed by atoms with Crippen molar-refractivity contribution in [3.63, 3.8) is 0 Å². The minimum Gasteiger partial charge on any atom is -0.332 e. The molecule has 0 N–H and O–H groups in total. The number of aryl methyl sites for hydroxylation is 1. The second-order valence-electron chi connectivity index (χ2n) is 8.38. The van der Waals surface area contributed by atoms with Crippen LogP contribution in [0.3, 0.4) is 0 Å². The highest BCUT2D eigenvalue weighted by Gasteiger charge is 2.38. The Morgan fingerprint density at radius 1 is 1.03 bits per heavy atom. The molecule has 0 spiro atoms. The van der Waals surface area contributed by atoms with E-state index in [4.69, 9.17) is 0 Å². The second-order valence-corrected chi connectivity index (χ2v) is 9.30. The van der Waals surface area contributed by atoms with Gasteiger partial charge in [0.25, 0.3) is 11.8 Å². The number of halogens is 1. The summed E-state index contributed by atoms with van der Waals surface area (Å²) in [4.78, 5) is 41.5. The first-order chi connectivity index (χ1) is 15.0. The Balaban J connectivity index is 1.28. The zero-order chi connectivity index (χ0) is 21.5. The molecule has 31 heavy (non-hydrogen) atoms. The van der Waals surface area contributed by atoms with Crippen LogP contribution < -0.4 is 0 Å². The molecule has 1 saturated heterocycles. The maximum absolute atomic E-state index is 13.1. The van der Waals surface area contributed by atoms with Gasteiger partial charge < -0.3 is 9.47 Å². The highest BCUT2D eigenvalue weighted by molar-refractivity contribution is 9.10. The molecule has 5 rings (SSSR count). The third-order valence-corrected chi connectivity index (χ3v) is 6.98. The summed E-state index contributed by atoms with van der Waals surface area (Å²) < 4.78 is 2.95. The third kappa shape index (κ3) is 3.58. The third-order valence-electron chi connectivity index (χ3n) is 6.49. The topological polar surface area (TPSA) is 88.4 Å². The van der Waals surface area contributed by atoms with Crippen LogP contribution >= 0.6 is 15.9 Å². The lowest BCUT2D eigenvalue weighted by Crippen LogP contribution is -2.37. The molecule has 0 aliphatic carbocycles. The van der Waals surface area contributed by atoms with E-state index in [1.54, 1.807) is 18.2 Å². The van der Waals surface area contributed by atoms with E-state index < -0.39 is 0 Å². The van der Waals surface area contributed by atoms with Gasteiger partial charge in [-0.1, -0.05) is 22.4 Å². The number of nitrogens with zero attached hydrogens (tertiary/aromatic N) is 5. The number of amides is 3. The summed E-state index contributed by atoms with van der Waals surface area (Å²) >= 11 is 3.34. The number of hydrogen-bond donors (Lipinski definition) is 0. The van der Waals surface area contributed by atoms with Crippen LogP contribution in [0.5, 0.6) is 0 Å². The van der Waals surface area contributed by atoms with Crippen LogP contribution in [0.1, 0.15) is 76.9 Å². The zero-order valence-electron chi connectivity index (χ0n) is 17.2. The number of imide groups is 1. The summed E-state index contributed by atoms with van der Waals surface area (Å²) in [7, 11) is 0. The van der Waals surface area contributed by atoms with Crippen LogP contribution in [-0.4, -0.2) is 55.4 Å². The van der Waals surface area contributed by atoms with Gasteiger partial charge in [-0.05, 0) is 43.9 Å². The van der Waals surface area contributed by atoms with Crippen molar-refractivity contribution >= 4 is 33.7 Å². The zero-order valence-corrected chi connectivity index (χ0v) is 18.8. The first-order valence-electron chi connectivity index (χ1n) is 10.9. The summed E-state index contributed by atoms with van der Waals surface area (Å²) in [5.41, 5.74) is 0.780. The van der Waals surface area contributed by atoms with E-state index >= 15 is 0 Å². The minimum absolute atomic E-state index is 0.0498. The van der Waals surface area contributed by atoms with Gasteiger partial charge in [-0.25, -0.2) is 0 Å². The van der Waals surface area contributed by atoms with Crippen LogP contribution in [0, 0.1) is 0 Å². The molecule has 0 bridgehead atoms. The predicted octanol–water partition coefficient (Wildman–Crippen LogP) is 3.12. The number of aromatic nitrogens is 3. The Morgan fingerprint density at radius 2 is 1.87 bits per heavy atom. The molecule has 1 atom stereocenters. The molecule has 1 fully saturated rings. The lowest BCUT2D eigenvalue weighted by molar-refractivity contribution is -0.132. The first-order valence-corrected chi connectivity index (χ1v) is 11.7. The predicted molar refractivity (Wildman–Crippen MR) is 115 cm³/mol. The number of fused-ring (bicyclic) bond motifs is 2. The summed E-state index contributed by atoms with van der Waals surface area (Å²) in [6.07, 6.45) is 6.25. The molecular weight excluding hydrogens is 462 g/mol. The Labute approximate surface area is 188 Å². The molecule has 0 saturated carbocycles. The van der Waals surface area contributed by atoms with Gasteiger partial charge in [0.1, 0.15) is 5.82 Å². The van der Waals surface area contributed by atoms with Crippen molar-refractivity contribution in [2.45, 2.75) is 57.5 Å². The quantitative estimate of drug-likeness (QED) is 0.620. The van der Waals surface area contributed by atoms with E-state index in [9.17, 15) is 14.4 Å². The molecular formula is C22H24BrN5O3. The molecule has 8 nitrogen and oxygen atoms in total. The van der Waals surface area contributed by atoms with E-state index in [0.717, 1.165) is 54.8 Å². The molecule has 2 aromatic rings. The highest BCUT2D eigenvalue weighted by atomic mass is 79.9. The highest BCUT2D eigenvalue weighted by Crippen LogP contribution is 2.33. The lowest BCUT2D eigenvalue weighted by Gasteiger charge is -2.25. The molecule has 1 unspecified atom stereocenters. The number of carbonyl (C=O) groups is 3. The van der Waals surface area contributed by atoms with E-state index in [1.165, 1.54) is 11.3 Å². The van der Waals surface area contributed by atoms with Gasteiger partial charge in [0.15, 0.2) is 5.82 Å². The maximum Gasteiger partial charge on any atom is 0.261 e. The van der Waals surface area contributed by atoms with Crippen molar-refractivity contribution in [1.82, 2.24) is 24.6 Å². The lowest BCUT2D eigenvalue weighted by atomic mass is 10.1. The fraction of sp³-hybridized carbons (Fsp3) is 0.500. The fourth-order valence-corrected chi connectivity index (χ4v) is 5.27. The van der Waals surface area contributed by atoms with Gasteiger partial charge in [-0.3, -0.25) is 19.3 Å². The smallest absolute Gasteiger partial charge is 0.261 e. The number of carbonyl (C=O) groups excluding carboxylic acids is 3. The van der Waals surface area contributed by atoms with E-state index in [-0.39, 0.29) is 36.7 Å². The van der Waals surface area contributed by atoms with E-state index in [0.29, 0.717) is 17.7 Å². The van der Waals surface area contributed by atoms with Gasteiger partial charge in [-0.2, -0.15) is 0 Å². The van der Waals surface area contributed by atoms with Crippen molar-refractivity contribution in [1.29, 1.82) is 0 Å². The van der Waals surface area contributed by atoms with Crippen molar-refractivity contribution in [3.8, 4) is 0 Å². The Morgan fingerprint density at radius 3 is 2.74 bits per heavy atom. The summed E-state index contributed by atoms with van der Waals surface area (Å²) in [5, 5.41) is 8.83. The molecule has 3 aliphatic rings. The Hall–Kier alpha value is -2.55. The summed E-state index contributed by atoms with van der Waals surface area (Å²) in [5.74, 6) is 1.18. The van der Waals surface area contributed by atoms with Crippen LogP contribution in [0.15, 0.2) is 22.7 Å². The van der Waals surface area contributed by atoms with Gasteiger partial charge in [-0.15, -0.1) is 10.2 Å². The average molecular weight is 486 g/mol. The molecule has 0 radical (unpaired) electrons. The van der Waals surface area contributed by atoms with Gasteiger partial charge in [0.2, 0.25) is 5.91 Å². The van der Waals surface area contributed by atoms with Crippen molar-refractivity contribution in [3.05, 3.63) is 45.4 Å². The van der Waals surface area contributed by atoms with Crippen molar-refractivity contribution < 1.29 is 14.4 Å². The minimum atomic E-state index is -0.338. The standard InChI is InChI=1S/C22H24BrN5O3/c23-14-7-8-15-16(13-14)22(31)28(21(15)30)12-9-19(29)26-11-4-5-17(26)20-25-24-18-6-2-1-3-10-27(18)20/h7-8,13,17H,1-6,9-12H2. The monoisotopic (exact) mass is 485 g/mol. The van der Waals surface area contributed by atoms with Crippen LogP contribution in [-0.2, 0) is 17.8 Å². The Bertz CT molecular complexity index is 1070. The van der Waals surface area contributed by atoms with Crippen molar-refractivity contribution in [2.24, 2.45) is 0 Å². The van der Waals surface area contributed by atoms with Gasteiger partial charge in [0.05, 0.1) is 17.2 Å². The van der Waals surface area contributed by atoms with Crippen molar-refractivity contribution in [2.75, 3.05) is 13.1 Å². The first kappa shape index (κ1) is 20.4. The number of likely N-dealkylation sites (tertiary alicyclic amines) is 1. The molecule has 3 aliphatic heterocycles. The molecule has 1 aromatic carbocycles. The number of rotatable bonds is 4. The average Bonchev–Trinajstić information content (AvgIpc) is 3.40. The van der Waals surface area contributed by atoms with Crippen LogP contribution in [0.25, 0.3) is 0 Å².